The zero-order valence-electron chi connectivity index (χ0n) is 8.90. The third kappa shape index (κ3) is 4.08. The summed E-state index contributed by atoms with van der Waals surface area (Å²) in [6, 6.07) is 3.27. The number of aromatic nitrogens is 1. The van der Waals surface area contributed by atoms with Crippen molar-refractivity contribution in [2.24, 2.45) is 0 Å². The van der Waals surface area contributed by atoms with E-state index in [1.807, 2.05) is 6.92 Å². The van der Waals surface area contributed by atoms with Gasteiger partial charge in [0.15, 0.2) is 0 Å². The van der Waals surface area contributed by atoms with Gasteiger partial charge in [0.05, 0.1) is 12.4 Å². The van der Waals surface area contributed by atoms with E-state index in [9.17, 15) is 9.59 Å². The number of nitrogens with one attached hydrogen (secondary N) is 2. The van der Waals surface area contributed by atoms with E-state index >= 15 is 0 Å². The first-order valence-corrected chi connectivity index (χ1v) is 5.88. The molecule has 0 aliphatic carbocycles. The van der Waals surface area contributed by atoms with Gasteiger partial charge in [-0.25, -0.2) is 0 Å². The number of imide groups is 1. The molecule has 0 radical (unpaired) electrons. The number of aliphatic hydroxyl groups excluding tert-OH is 1. The van der Waals surface area contributed by atoms with Crippen LogP contribution in [0.5, 0.6) is 0 Å². The van der Waals surface area contributed by atoms with Crippen molar-refractivity contribution in [3.05, 3.63) is 24.0 Å². The van der Waals surface area contributed by atoms with Crippen molar-refractivity contribution in [2.75, 3.05) is 12.4 Å². The molecule has 6 heteroatoms. The molecule has 0 saturated carbocycles. The van der Waals surface area contributed by atoms with Crippen LogP contribution in [0.15, 0.2) is 18.3 Å². The number of rotatable bonds is 5. The topological polar surface area (TPSA) is 82.2 Å². The summed E-state index contributed by atoms with van der Waals surface area (Å²) in [6.45, 7) is 1.83. The molecule has 0 spiro atoms. The number of aromatic amines is 1. The van der Waals surface area contributed by atoms with E-state index in [0.717, 1.165) is 0 Å². The molecule has 1 rings (SSSR count). The molecule has 0 saturated heterocycles. The average molecular weight is 242 g/mol. The maximum absolute atomic E-state index is 11.4. The Bertz CT molecular complexity index is 351. The Labute approximate surface area is 97.6 Å². The van der Waals surface area contributed by atoms with E-state index in [0.29, 0.717) is 5.69 Å². The number of thioether (sulfide) groups is 1. The fraction of sp³-hybridized carbons (Fsp3) is 0.400. The summed E-state index contributed by atoms with van der Waals surface area (Å²) in [5, 5.41) is 11.0. The van der Waals surface area contributed by atoms with Crippen LogP contribution in [0.4, 0.5) is 0 Å². The minimum atomic E-state index is -0.438. The van der Waals surface area contributed by atoms with E-state index in [2.05, 4.69) is 10.3 Å². The summed E-state index contributed by atoms with van der Waals surface area (Å²) in [4.78, 5) is 25.4. The average Bonchev–Trinajstić information content (AvgIpc) is 2.79. The molecule has 0 fully saturated rings. The van der Waals surface area contributed by atoms with Gasteiger partial charge in [0.25, 0.3) is 5.91 Å². The Morgan fingerprint density at radius 2 is 2.38 bits per heavy atom. The zero-order chi connectivity index (χ0) is 12.0. The van der Waals surface area contributed by atoms with Crippen LogP contribution in [-0.2, 0) is 4.79 Å². The Morgan fingerprint density at radius 3 is 2.94 bits per heavy atom. The summed E-state index contributed by atoms with van der Waals surface area (Å²) in [5.41, 5.74) is 0.355. The molecule has 88 valence electrons. The highest BCUT2D eigenvalue weighted by atomic mass is 32.2. The second-order valence-corrected chi connectivity index (χ2v) is 4.69. The van der Waals surface area contributed by atoms with Crippen LogP contribution in [0.1, 0.15) is 17.4 Å². The Kier molecular flexibility index (Phi) is 5.07. The van der Waals surface area contributed by atoms with Crippen LogP contribution in [0, 0.1) is 0 Å². The van der Waals surface area contributed by atoms with E-state index < -0.39 is 5.91 Å². The van der Waals surface area contributed by atoms with Crippen LogP contribution in [0.3, 0.4) is 0 Å². The third-order valence-electron chi connectivity index (χ3n) is 1.85. The van der Waals surface area contributed by atoms with Crippen molar-refractivity contribution < 1.29 is 14.7 Å². The van der Waals surface area contributed by atoms with Crippen LogP contribution in [0.2, 0.25) is 0 Å². The molecule has 1 aromatic rings. The monoisotopic (exact) mass is 242 g/mol. The zero-order valence-corrected chi connectivity index (χ0v) is 9.71. The molecule has 2 amide bonds. The highest BCUT2D eigenvalue weighted by molar-refractivity contribution is 8.00. The smallest absolute Gasteiger partial charge is 0.274 e. The molecule has 3 N–H and O–H groups in total. The van der Waals surface area contributed by atoms with Crippen molar-refractivity contribution in [3.8, 4) is 0 Å². The fourth-order valence-electron chi connectivity index (χ4n) is 0.972. The van der Waals surface area contributed by atoms with Crippen molar-refractivity contribution >= 4 is 23.6 Å². The van der Waals surface area contributed by atoms with Crippen molar-refractivity contribution in [2.45, 2.75) is 12.2 Å². The second-order valence-electron chi connectivity index (χ2n) is 3.27. The molecular weight excluding hydrogens is 228 g/mol. The minimum Gasteiger partial charge on any atom is -0.395 e. The molecule has 5 nitrogen and oxygen atoms in total. The molecule has 1 heterocycles. The van der Waals surface area contributed by atoms with E-state index in [4.69, 9.17) is 5.11 Å². The second kappa shape index (κ2) is 6.34. The van der Waals surface area contributed by atoms with Gasteiger partial charge in [-0.15, -0.1) is 11.8 Å². The Hall–Kier alpha value is -1.27. The lowest BCUT2D eigenvalue weighted by atomic mass is 10.4. The lowest BCUT2D eigenvalue weighted by Gasteiger charge is -2.06. The summed E-state index contributed by atoms with van der Waals surface area (Å²) in [5.74, 6) is -0.633. The van der Waals surface area contributed by atoms with Crippen LogP contribution < -0.4 is 5.32 Å². The van der Waals surface area contributed by atoms with Crippen LogP contribution in [-0.4, -0.2) is 39.5 Å². The minimum absolute atomic E-state index is 0.00802. The largest absolute Gasteiger partial charge is 0.395 e. The molecule has 0 aromatic carbocycles. The van der Waals surface area contributed by atoms with Crippen molar-refractivity contribution in [1.82, 2.24) is 10.3 Å². The van der Waals surface area contributed by atoms with E-state index in [1.54, 1.807) is 18.3 Å². The van der Waals surface area contributed by atoms with E-state index in [-0.39, 0.29) is 23.5 Å². The Morgan fingerprint density at radius 1 is 1.62 bits per heavy atom. The van der Waals surface area contributed by atoms with Gasteiger partial charge in [0, 0.05) is 11.4 Å². The standard InChI is InChI=1S/C10H14N2O3S/c1-7(5-13)16-6-9(14)12-10(15)8-3-2-4-11-8/h2-4,7,11,13H,5-6H2,1H3,(H,12,14,15). The van der Waals surface area contributed by atoms with Gasteiger partial charge in [-0.2, -0.15) is 0 Å². The first-order chi connectivity index (χ1) is 7.63. The lowest BCUT2D eigenvalue weighted by Crippen LogP contribution is -2.32. The molecule has 1 aromatic heterocycles. The Balaban J connectivity index is 2.32. The number of aliphatic hydroxyl groups is 1. The van der Waals surface area contributed by atoms with Gasteiger partial charge < -0.3 is 10.1 Å². The van der Waals surface area contributed by atoms with Crippen LogP contribution in [0.25, 0.3) is 0 Å². The molecular formula is C10H14N2O3S. The summed E-state index contributed by atoms with van der Waals surface area (Å²) in [6.07, 6.45) is 1.61. The molecule has 1 atom stereocenters. The third-order valence-corrected chi connectivity index (χ3v) is 3.00. The van der Waals surface area contributed by atoms with Gasteiger partial charge in [0.2, 0.25) is 5.91 Å². The van der Waals surface area contributed by atoms with E-state index in [1.165, 1.54) is 11.8 Å². The first kappa shape index (κ1) is 12.8. The molecule has 1 unspecified atom stereocenters. The normalized spacial score (nSPS) is 12.1. The summed E-state index contributed by atoms with van der Waals surface area (Å²) >= 11 is 1.30. The number of hydrogen-bond acceptors (Lipinski definition) is 4. The molecule has 0 aliphatic heterocycles. The number of carbonyl (C=O) groups excluding carboxylic acids is 2. The summed E-state index contributed by atoms with van der Waals surface area (Å²) in [7, 11) is 0. The highest BCUT2D eigenvalue weighted by Gasteiger charge is 2.11. The van der Waals surface area contributed by atoms with Gasteiger partial charge in [-0.3, -0.25) is 14.9 Å². The number of H-pyrrole nitrogens is 1. The highest BCUT2D eigenvalue weighted by Crippen LogP contribution is 2.08. The maximum atomic E-state index is 11.4. The first-order valence-electron chi connectivity index (χ1n) is 4.83. The quantitative estimate of drug-likeness (QED) is 0.697. The van der Waals surface area contributed by atoms with Crippen LogP contribution >= 0.6 is 11.8 Å². The van der Waals surface area contributed by atoms with Gasteiger partial charge >= 0.3 is 0 Å². The lowest BCUT2D eigenvalue weighted by molar-refractivity contribution is -0.117. The predicted octanol–water partition coefficient (Wildman–Crippen LogP) is 0.385. The predicted molar refractivity (Wildman–Crippen MR) is 62.3 cm³/mol. The number of hydrogen-bond donors (Lipinski definition) is 3. The van der Waals surface area contributed by atoms with Gasteiger partial charge in [-0.1, -0.05) is 6.92 Å². The van der Waals surface area contributed by atoms with Crippen molar-refractivity contribution in [1.29, 1.82) is 0 Å². The molecule has 0 aliphatic rings. The van der Waals surface area contributed by atoms with Gasteiger partial charge in [-0.05, 0) is 12.1 Å². The van der Waals surface area contributed by atoms with Crippen molar-refractivity contribution in [3.63, 3.8) is 0 Å². The summed E-state index contributed by atoms with van der Waals surface area (Å²) < 4.78 is 0. The van der Waals surface area contributed by atoms with Gasteiger partial charge in [0.1, 0.15) is 5.69 Å². The number of carbonyl (C=O) groups is 2. The fourth-order valence-corrected chi connectivity index (χ4v) is 1.59. The maximum Gasteiger partial charge on any atom is 0.274 e. The number of amides is 2. The molecule has 0 bridgehead atoms. The SMILES string of the molecule is CC(CO)SCC(=O)NC(=O)c1ccc[nH]1. The molecule has 16 heavy (non-hydrogen) atoms.